The number of hydrogen-bond donors (Lipinski definition) is 1. The Bertz CT molecular complexity index is 1040. The van der Waals surface area contributed by atoms with Crippen LogP contribution in [0.4, 0.5) is 0 Å². The molecule has 0 aliphatic carbocycles. The van der Waals surface area contributed by atoms with Gasteiger partial charge in [-0.05, 0) is 66.1 Å². The minimum atomic E-state index is 0.347. The van der Waals surface area contributed by atoms with E-state index in [0.29, 0.717) is 34.7 Å². The van der Waals surface area contributed by atoms with Crippen LogP contribution in [0.5, 0.6) is 23.0 Å². The van der Waals surface area contributed by atoms with Gasteiger partial charge < -0.3 is 24.3 Å². The van der Waals surface area contributed by atoms with Crippen molar-refractivity contribution in [3.8, 4) is 23.0 Å². The second-order valence-electron chi connectivity index (χ2n) is 7.14. The highest BCUT2D eigenvalue weighted by Crippen LogP contribution is 2.37. The molecule has 0 heterocycles. The molecule has 0 unspecified atom stereocenters. The van der Waals surface area contributed by atoms with Crippen LogP contribution in [0.15, 0.2) is 54.6 Å². The largest absolute Gasteiger partial charge is 0.493 e. The lowest BCUT2D eigenvalue weighted by Crippen LogP contribution is -2.17. The van der Waals surface area contributed by atoms with Crippen molar-refractivity contribution in [3.05, 3.63) is 81.3 Å². The van der Waals surface area contributed by atoms with Crippen LogP contribution in [0.1, 0.15) is 16.7 Å². The number of nitrogens with one attached hydrogen (secondary N) is 1. The molecular weight excluding hydrogens is 449 g/mol. The van der Waals surface area contributed by atoms with E-state index in [-0.39, 0.29) is 0 Å². The molecule has 0 saturated carbocycles. The van der Waals surface area contributed by atoms with Crippen molar-refractivity contribution in [2.45, 2.75) is 19.6 Å². The lowest BCUT2D eigenvalue weighted by molar-refractivity contribution is 0.284. The van der Waals surface area contributed by atoms with E-state index in [1.54, 1.807) is 21.3 Å². The average molecular weight is 476 g/mol. The molecule has 0 atom stereocenters. The fourth-order valence-electron chi connectivity index (χ4n) is 3.30. The molecular formula is C25H27Cl2NO4. The molecule has 1 N–H and O–H groups in total. The zero-order valence-electron chi connectivity index (χ0n) is 18.4. The van der Waals surface area contributed by atoms with E-state index in [0.717, 1.165) is 41.2 Å². The monoisotopic (exact) mass is 475 g/mol. The minimum Gasteiger partial charge on any atom is -0.493 e. The van der Waals surface area contributed by atoms with Gasteiger partial charge in [-0.2, -0.15) is 0 Å². The molecule has 0 radical (unpaired) electrons. The van der Waals surface area contributed by atoms with Crippen LogP contribution in [-0.2, 0) is 19.6 Å². The Morgan fingerprint density at radius 2 is 1.50 bits per heavy atom. The van der Waals surface area contributed by atoms with E-state index >= 15 is 0 Å². The van der Waals surface area contributed by atoms with Crippen molar-refractivity contribution in [3.63, 3.8) is 0 Å². The number of methoxy groups -OCH3 is 3. The van der Waals surface area contributed by atoms with Gasteiger partial charge in [0.15, 0.2) is 23.0 Å². The summed E-state index contributed by atoms with van der Waals surface area (Å²) < 4.78 is 22.1. The molecule has 0 aliphatic rings. The van der Waals surface area contributed by atoms with Crippen LogP contribution in [-0.4, -0.2) is 27.9 Å². The fourth-order valence-corrected chi connectivity index (χ4v) is 3.80. The SMILES string of the molecule is COc1ccc(CCNCc2cc(Cl)c(OCc3cccc(Cl)c3)c(OC)c2)cc1OC. The standard InChI is InChI=1S/C25H27Cl2NO4/c1-29-22-8-7-17(13-23(22)30-2)9-10-28-15-19-12-21(27)25(24(14-19)31-3)32-16-18-5-4-6-20(26)11-18/h4-8,11-14,28H,9-10,15-16H2,1-3H3. The zero-order chi connectivity index (χ0) is 22.9. The van der Waals surface area contributed by atoms with E-state index in [1.807, 2.05) is 54.6 Å². The molecule has 0 fully saturated rings. The second kappa shape index (κ2) is 11.9. The fraction of sp³-hybridized carbons (Fsp3) is 0.280. The average Bonchev–Trinajstić information content (AvgIpc) is 2.80. The number of halogens is 2. The third-order valence-corrected chi connectivity index (χ3v) is 5.44. The maximum Gasteiger partial charge on any atom is 0.180 e. The third-order valence-electron chi connectivity index (χ3n) is 4.93. The van der Waals surface area contributed by atoms with Gasteiger partial charge in [0.2, 0.25) is 0 Å². The molecule has 0 saturated heterocycles. The summed E-state index contributed by atoms with van der Waals surface area (Å²) in [5, 5.41) is 4.60. The van der Waals surface area contributed by atoms with Crippen LogP contribution in [0.3, 0.4) is 0 Å². The minimum absolute atomic E-state index is 0.347. The molecule has 3 aromatic carbocycles. The first kappa shape index (κ1) is 24.1. The van der Waals surface area contributed by atoms with Gasteiger partial charge >= 0.3 is 0 Å². The van der Waals surface area contributed by atoms with Gasteiger partial charge in [0, 0.05) is 11.6 Å². The molecule has 0 amide bonds. The Morgan fingerprint density at radius 3 is 2.22 bits per heavy atom. The summed E-state index contributed by atoms with van der Waals surface area (Å²) in [5.74, 6) is 2.57. The van der Waals surface area contributed by atoms with Crippen molar-refractivity contribution in [2.75, 3.05) is 27.9 Å². The summed E-state index contributed by atoms with van der Waals surface area (Å²) in [6.07, 6.45) is 0.853. The molecule has 3 rings (SSSR count). The molecule has 32 heavy (non-hydrogen) atoms. The molecule has 0 aliphatic heterocycles. The molecule has 5 nitrogen and oxygen atoms in total. The molecule has 0 bridgehead atoms. The lowest BCUT2D eigenvalue weighted by atomic mass is 10.1. The Kier molecular flexibility index (Phi) is 8.91. The summed E-state index contributed by atoms with van der Waals surface area (Å²) in [4.78, 5) is 0. The van der Waals surface area contributed by atoms with Crippen LogP contribution < -0.4 is 24.3 Å². The Balaban J connectivity index is 1.57. The Morgan fingerprint density at radius 1 is 0.750 bits per heavy atom. The smallest absolute Gasteiger partial charge is 0.180 e. The first-order valence-corrected chi connectivity index (χ1v) is 10.9. The predicted octanol–water partition coefficient (Wildman–Crippen LogP) is 5.93. The molecule has 0 aromatic heterocycles. The second-order valence-corrected chi connectivity index (χ2v) is 7.99. The topological polar surface area (TPSA) is 49.0 Å². The van der Waals surface area contributed by atoms with Crippen LogP contribution in [0.25, 0.3) is 0 Å². The maximum atomic E-state index is 6.50. The van der Waals surface area contributed by atoms with E-state index < -0.39 is 0 Å². The van der Waals surface area contributed by atoms with Gasteiger partial charge in [-0.3, -0.25) is 0 Å². The summed E-state index contributed by atoms with van der Waals surface area (Å²) in [5.41, 5.74) is 3.13. The van der Waals surface area contributed by atoms with Crippen LogP contribution in [0, 0.1) is 0 Å². The first-order valence-electron chi connectivity index (χ1n) is 10.2. The summed E-state index contributed by atoms with van der Waals surface area (Å²) in [6, 6.07) is 17.3. The zero-order valence-corrected chi connectivity index (χ0v) is 19.9. The Hall–Kier alpha value is -2.60. The van der Waals surface area contributed by atoms with Crippen molar-refractivity contribution in [1.29, 1.82) is 0 Å². The normalized spacial score (nSPS) is 10.7. The molecule has 7 heteroatoms. The van der Waals surface area contributed by atoms with Gasteiger partial charge in [-0.25, -0.2) is 0 Å². The number of hydrogen-bond acceptors (Lipinski definition) is 5. The van der Waals surface area contributed by atoms with Crippen LogP contribution in [0.2, 0.25) is 10.0 Å². The van der Waals surface area contributed by atoms with Crippen molar-refractivity contribution in [2.24, 2.45) is 0 Å². The quantitative estimate of drug-likeness (QED) is 0.348. The molecule has 0 spiro atoms. The van der Waals surface area contributed by atoms with Gasteiger partial charge in [-0.15, -0.1) is 0 Å². The maximum absolute atomic E-state index is 6.50. The van der Waals surface area contributed by atoms with Gasteiger partial charge in [0.05, 0.1) is 26.4 Å². The summed E-state index contributed by atoms with van der Waals surface area (Å²) >= 11 is 12.5. The highest BCUT2D eigenvalue weighted by molar-refractivity contribution is 6.32. The van der Waals surface area contributed by atoms with E-state index in [1.165, 1.54) is 0 Å². The highest BCUT2D eigenvalue weighted by atomic mass is 35.5. The number of rotatable bonds is 11. The summed E-state index contributed by atoms with van der Waals surface area (Å²) in [7, 11) is 4.87. The first-order chi connectivity index (χ1) is 15.5. The highest BCUT2D eigenvalue weighted by Gasteiger charge is 2.13. The molecule has 170 valence electrons. The van der Waals surface area contributed by atoms with E-state index in [4.69, 9.17) is 42.1 Å². The number of ether oxygens (including phenoxy) is 4. The van der Waals surface area contributed by atoms with Crippen molar-refractivity contribution in [1.82, 2.24) is 5.32 Å². The van der Waals surface area contributed by atoms with Crippen molar-refractivity contribution >= 4 is 23.2 Å². The van der Waals surface area contributed by atoms with Crippen LogP contribution >= 0.6 is 23.2 Å². The van der Waals surface area contributed by atoms with E-state index in [2.05, 4.69) is 5.32 Å². The number of benzene rings is 3. The third kappa shape index (κ3) is 6.45. The molecule has 3 aromatic rings. The van der Waals surface area contributed by atoms with Gasteiger partial charge in [0.25, 0.3) is 0 Å². The van der Waals surface area contributed by atoms with Crippen molar-refractivity contribution < 1.29 is 18.9 Å². The summed E-state index contributed by atoms with van der Waals surface area (Å²) in [6.45, 7) is 1.79. The van der Waals surface area contributed by atoms with Gasteiger partial charge in [-0.1, -0.05) is 41.4 Å². The van der Waals surface area contributed by atoms with E-state index in [9.17, 15) is 0 Å². The predicted molar refractivity (Wildman–Crippen MR) is 129 cm³/mol. The lowest BCUT2D eigenvalue weighted by Gasteiger charge is -2.15. The Labute approximate surface area is 199 Å². The van der Waals surface area contributed by atoms with Gasteiger partial charge in [0.1, 0.15) is 6.61 Å².